The number of unbranched alkanes of at least 4 members (excludes halogenated alkanes) is 2. The topological polar surface area (TPSA) is 35.5 Å². The van der Waals surface area contributed by atoms with Crippen molar-refractivity contribution in [1.29, 1.82) is 0 Å². The molecule has 0 bridgehead atoms. The summed E-state index contributed by atoms with van der Waals surface area (Å²) in [6.45, 7) is 4.49. The second-order valence-corrected chi connectivity index (χ2v) is 7.69. The fraction of sp³-hybridized carbons (Fsp3) is 0.650. The molecule has 25 heavy (non-hydrogen) atoms. The Morgan fingerprint density at radius 3 is 2.60 bits per heavy atom. The van der Waals surface area contributed by atoms with Crippen LogP contribution in [-0.4, -0.2) is 18.2 Å². The Bertz CT molecular complexity index is 558. The molecule has 1 saturated carbocycles. The van der Waals surface area contributed by atoms with Gasteiger partial charge in [-0.2, -0.15) is 0 Å². The van der Waals surface area contributed by atoms with Crippen molar-refractivity contribution in [2.75, 3.05) is 0 Å². The lowest BCUT2D eigenvalue weighted by Gasteiger charge is -2.29. The van der Waals surface area contributed by atoms with E-state index in [0.29, 0.717) is 16.7 Å². The zero-order valence-electron chi connectivity index (χ0n) is 15.1. The number of ether oxygens (including phenoxy) is 2. The highest BCUT2D eigenvalue weighted by Gasteiger charge is 2.30. The number of esters is 1. The standard InChI is InChI=1S/C20H28Cl2O3/c1-3-4-5-9-19(14(2)20(23)25-16-7-6-8-16)24-13-15-10-11-17(21)18(22)12-15/h10-12,14,16,19H,3-9,13H2,1-2H3. The monoisotopic (exact) mass is 386 g/mol. The van der Waals surface area contributed by atoms with E-state index in [1.807, 2.05) is 19.1 Å². The van der Waals surface area contributed by atoms with Gasteiger partial charge in [0.25, 0.3) is 0 Å². The average molecular weight is 387 g/mol. The van der Waals surface area contributed by atoms with Gasteiger partial charge in [-0.15, -0.1) is 0 Å². The molecule has 1 aliphatic rings. The summed E-state index contributed by atoms with van der Waals surface area (Å²) >= 11 is 12.0. The van der Waals surface area contributed by atoms with Crippen LogP contribution in [0, 0.1) is 5.92 Å². The first kappa shape index (κ1) is 20.5. The Morgan fingerprint density at radius 2 is 2.00 bits per heavy atom. The van der Waals surface area contributed by atoms with Gasteiger partial charge in [0.2, 0.25) is 0 Å². The zero-order valence-corrected chi connectivity index (χ0v) is 16.6. The summed E-state index contributed by atoms with van der Waals surface area (Å²) in [4.78, 5) is 12.4. The molecule has 2 rings (SSSR count). The summed E-state index contributed by atoms with van der Waals surface area (Å²) in [5, 5.41) is 1.05. The molecule has 0 radical (unpaired) electrons. The minimum Gasteiger partial charge on any atom is -0.462 e. The van der Waals surface area contributed by atoms with Crippen molar-refractivity contribution < 1.29 is 14.3 Å². The molecule has 0 heterocycles. The van der Waals surface area contributed by atoms with E-state index < -0.39 is 0 Å². The van der Waals surface area contributed by atoms with Gasteiger partial charge in [0.15, 0.2) is 0 Å². The van der Waals surface area contributed by atoms with Gasteiger partial charge in [-0.3, -0.25) is 4.79 Å². The number of hydrogen-bond acceptors (Lipinski definition) is 3. The van der Waals surface area contributed by atoms with E-state index in [2.05, 4.69) is 6.92 Å². The molecule has 0 spiro atoms. The summed E-state index contributed by atoms with van der Waals surface area (Å²) in [6.07, 6.45) is 7.28. The first-order chi connectivity index (χ1) is 12.0. The second kappa shape index (κ2) is 10.4. The Labute approximate surface area is 161 Å². The Hall–Kier alpha value is -0.770. The van der Waals surface area contributed by atoms with Gasteiger partial charge in [0.1, 0.15) is 6.10 Å². The highest BCUT2D eigenvalue weighted by Crippen LogP contribution is 2.27. The van der Waals surface area contributed by atoms with E-state index in [-0.39, 0.29) is 24.1 Å². The van der Waals surface area contributed by atoms with Gasteiger partial charge in [0, 0.05) is 0 Å². The molecule has 2 unspecified atom stereocenters. The SMILES string of the molecule is CCCCCC(OCc1ccc(Cl)c(Cl)c1)C(C)C(=O)OC1CCC1. The van der Waals surface area contributed by atoms with Crippen molar-refractivity contribution in [3.05, 3.63) is 33.8 Å². The molecule has 1 aliphatic carbocycles. The van der Waals surface area contributed by atoms with Crippen molar-refractivity contribution in [3.8, 4) is 0 Å². The molecule has 140 valence electrons. The van der Waals surface area contributed by atoms with Crippen LogP contribution in [0.3, 0.4) is 0 Å². The van der Waals surface area contributed by atoms with E-state index in [4.69, 9.17) is 32.7 Å². The molecule has 3 nitrogen and oxygen atoms in total. The van der Waals surface area contributed by atoms with Crippen molar-refractivity contribution >= 4 is 29.2 Å². The third-order valence-electron chi connectivity index (χ3n) is 4.80. The number of benzene rings is 1. The summed E-state index contributed by atoms with van der Waals surface area (Å²) in [6, 6.07) is 5.47. The van der Waals surface area contributed by atoms with E-state index >= 15 is 0 Å². The fourth-order valence-electron chi connectivity index (χ4n) is 2.82. The molecule has 0 N–H and O–H groups in total. The van der Waals surface area contributed by atoms with E-state index in [1.165, 1.54) is 0 Å². The Morgan fingerprint density at radius 1 is 1.24 bits per heavy atom. The lowest BCUT2D eigenvalue weighted by atomic mass is 9.95. The van der Waals surface area contributed by atoms with Crippen LogP contribution in [-0.2, 0) is 20.9 Å². The average Bonchev–Trinajstić information content (AvgIpc) is 2.56. The third-order valence-corrected chi connectivity index (χ3v) is 5.54. The molecule has 1 aromatic carbocycles. The van der Waals surface area contributed by atoms with Gasteiger partial charge in [0.05, 0.1) is 28.7 Å². The maximum absolute atomic E-state index is 12.4. The van der Waals surface area contributed by atoms with E-state index in [0.717, 1.165) is 50.5 Å². The number of rotatable bonds is 10. The summed E-state index contributed by atoms with van der Waals surface area (Å²) in [5.41, 5.74) is 0.953. The highest BCUT2D eigenvalue weighted by molar-refractivity contribution is 6.42. The van der Waals surface area contributed by atoms with Crippen LogP contribution in [0.2, 0.25) is 10.0 Å². The molecular formula is C20H28Cl2O3. The molecule has 1 fully saturated rings. The van der Waals surface area contributed by atoms with Gasteiger partial charge in [-0.25, -0.2) is 0 Å². The lowest BCUT2D eigenvalue weighted by molar-refractivity contribution is -0.163. The third kappa shape index (κ3) is 6.47. The first-order valence-electron chi connectivity index (χ1n) is 9.27. The van der Waals surface area contributed by atoms with Crippen molar-refractivity contribution in [2.45, 2.75) is 77.6 Å². The molecular weight excluding hydrogens is 359 g/mol. The van der Waals surface area contributed by atoms with Crippen LogP contribution in [0.1, 0.15) is 64.4 Å². The molecule has 0 amide bonds. The predicted molar refractivity (Wildman–Crippen MR) is 102 cm³/mol. The maximum atomic E-state index is 12.4. The normalized spacial score (nSPS) is 17.0. The van der Waals surface area contributed by atoms with E-state index in [9.17, 15) is 4.79 Å². The van der Waals surface area contributed by atoms with E-state index in [1.54, 1.807) is 6.07 Å². The van der Waals surface area contributed by atoms with Crippen molar-refractivity contribution in [2.24, 2.45) is 5.92 Å². The Balaban J connectivity index is 1.92. The number of hydrogen-bond donors (Lipinski definition) is 0. The van der Waals surface area contributed by atoms with Crippen molar-refractivity contribution in [3.63, 3.8) is 0 Å². The van der Waals surface area contributed by atoms with Gasteiger partial charge >= 0.3 is 5.97 Å². The Kier molecular flexibility index (Phi) is 8.54. The number of carbonyl (C=O) groups is 1. The highest BCUT2D eigenvalue weighted by atomic mass is 35.5. The molecule has 2 atom stereocenters. The largest absolute Gasteiger partial charge is 0.462 e. The van der Waals surface area contributed by atoms with Crippen LogP contribution in [0.25, 0.3) is 0 Å². The van der Waals surface area contributed by atoms with Crippen LogP contribution in [0.4, 0.5) is 0 Å². The molecule has 0 aromatic heterocycles. The van der Waals surface area contributed by atoms with Crippen LogP contribution in [0.15, 0.2) is 18.2 Å². The van der Waals surface area contributed by atoms with Crippen LogP contribution >= 0.6 is 23.2 Å². The molecule has 0 saturated heterocycles. The molecule has 1 aromatic rings. The minimum atomic E-state index is -0.264. The maximum Gasteiger partial charge on any atom is 0.311 e. The zero-order chi connectivity index (χ0) is 18.2. The summed E-state index contributed by atoms with van der Waals surface area (Å²) < 4.78 is 11.6. The smallest absolute Gasteiger partial charge is 0.311 e. The molecule has 5 heteroatoms. The summed E-state index contributed by atoms with van der Waals surface area (Å²) in [7, 11) is 0. The van der Waals surface area contributed by atoms with Gasteiger partial charge < -0.3 is 9.47 Å². The minimum absolute atomic E-state index is 0.112. The van der Waals surface area contributed by atoms with Gasteiger partial charge in [-0.05, 0) is 50.3 Å². The summed E-state index contributed by atoms with van der Waals surface area (Å²) in [5.74, 6) is -0.402. The number of carbonyl (C=O) groups excluding carboxylic acids is 1. The van der Waals surface area contributed by atoms with Gasteiger partial charge in [-0.1, -0.05) is 55.5 Å². The fourth-order valence-corrected chi connectivity index (χ4v) is 3.14. The first-order valence-corrected chi connectivity index (χ1v) is 10.0. The second-order valence-electron chi connectivity index (χ2n) is 6.87. The predicted octanol–water partition coefficient (Wildman–Crippen LogP) is 6.19. The molecule has 0 aliphatic heterocycles. The lowest BCUT2D eigenvalue weighted by Crippen LogP contribution is -2.34. The quantitative estimate of drug-likeness (QED) is 0.355. The van der Waals surface area contributed by atoms with Crippen LogP contribution < -0.4 is 0 Å². The van der Waals surface area contributed by atoms with Crippen molar-refractivity contribution in [1.82, 2.24) is 0 Å². The number of halogens is 2. The van der Waals surface area contributed by atoms with Crippen LogP contribution in [0.5, 0.6) is 0 Å².